The monoisotopic (exact) mass is 343 g/mol. The van der Waals surface area contributed by atoms with E-state index >= 15 is 0 Å². The van der Waals surface area contributed by atoms with Crippen LogP contribution in [0.4, 0.5) is 0 Å². The van der Waals surface area contributed by atoms with Gasteiger partial charge >= 0.3 is 0 Å². The van der Waals surface area contributed by atoms with Crippen LogP contribution < -0.4 is 5.56 Å². The van der Waals surface area contributed by atoms with E-state index in [-0.39, 0.29) is 11.5 Å². The molecule has 1 amide bonds. The highest BCUT2D eigenvalue weighted by molar-refractivity contribution is 5.94. The van der Waals surface area contributed by atoms with Gasteiger partial charge in [-0.2, -0.15) is 5.10 Å². The molecule has 1 saturated heterocycles. The number of rotatable bonds is 2. The number of amides is 1. The Labute approximate surface area is 144 Å². The summed E-state index contributed by atoms with van der Waals surface area (Å²) in [6.45, 7) is 3.03. The van der Waals surface area contributed by atoms with Gasteiger partial charge in [0.1, 0.15) is 11.9 Å². The number of aryl methyl sites for hydroxylation is 2. The van der Waals surface area contributed by atoms with E-state index in [0.29, 0.717) is 36.9 Å². The number of aromatic amines is 2. The predicted octanol–water partition coefficient (Wildman–Crippen LogP) is 0.894. The maximum atomic E-state index is 12.9. The number of carbonyl (C=O) groups is 1. The van der Waals surface area contributed by atoms with Crippen molar-refractivity contribution < 1.29 is 9.53 Å². The standard InChI is InChI=1S/C17H21N5O3/c1-10-8-14(23)19-16(18-10)13-9-22(6-7-25-13)17(24)15-11-4-2-3-5-12(11)20-21-15/h8,13H,2-7,9H2,1H3,(H,20,21)(H,18,19,23)/t13-/m1/s1. The molecule has 0 saturated carbocycles. The minimum atomic E-state index is -0.430. The fraction of sp³-hybridized carbons (Fsp3) is 0.529. The van der Waals surface area contributed by atoms with E-state index in [1.54, 1.807) is 11.8 Å². The first-order valence-corrected chi connectivity index (χ1v) is 8.66. The van der Waals surface area contributed by atoms with Crippen LogP contribution in [0.15, 0.2) is 10.9 Å². The minimum absolute atomic E-state index is 0.0808. The summed E-state index contributed by atoms with van der Waals surface area (Å²) >= 11 is 0. The van der Waals surface area contributed by atoms with Crippen molar-refractivity contribution in [1.82, 2.24) is 25.1 Å². The highest BCUT2D eigenvalue weighted by Crippen LogP contribution is 2.25. The molecular weight excluding hydrogens is 322 g/mol. The average Bonchev–Trinajstić information content (AvgIpc) is 3.04. The molecule has 1 aliphatic heterocycles. The SMILES string of the molecule is Cc1cc(=O)[nH]c([C@H]2CN(C(=O)c3n[nH]c4c3CCCC4)CCO2)n1. The van der Waals surface area contributed by atoms with Gasteiger partial charge < -0.3 is 14.6 Å². The maximum Gasteiger partial charge on any atom is 0.274 e. The van der Waals surface area contributed by atoms with E-state index in [2.05, 4.69) is 20.2 Å². The Morgan fingerprint density at radius 1 is 1.36 bits per heavy atom. The summed E-state index contributed by atoms with van der Waals surface area (Å²) in [5.74, 6) is 0.384. The molecule has 0 aromatic carbocycles. The number of aromatic nitrogens is 4. The Morgan fingerprint density at radius 3 is 3.04 bits per heavy atom. The third-order valence-corrected chi connectivity index (χ3v) is 4.81. The second kappa shape index (κ2) is 6.44. The lowest BCUT2D eigenvalue weighted by atomic mass is 9.95. The summed E-state index contributed by atoms with van der Waals surface area (Å²) in [7, 11) is 0. The summed E-state index contributed by atoms with van der Waals surface area (Å²) in [5.41, 5.74) is 3.09. The molecule has 2 aromatic rings. The third kappa shape index (κ3) is 3.09. The second-order valence-electron chi connectivity index (χ2n) is 6.62. The summed E-state index contributed by atoms with van der Waals surface area (Å²) < 4.78 is 5.73. The van der Waals surface area contributed by atoms with Crippen molar-refractivity contribution in [3.63, 3.8) is 0 Å². The van der Waals surface area contributed by atoms with Crippen molar-refractivity contribution >= 4 is 5.91 Å². The first-order valence-electron chi connectivity index (χ1n) is 8.66. The van der Waals surface area contributed by atoms with E-state index in [9.17, 15) is 9.59 Å². The first kappa shape index (κ1) is 16.0. The highest BCUT2D eigenvalue weighted by Gasteiger charge is 2.31. The Balaban J connectivity index is 1.56. The largest absolute Gasteiger partial charge is 0.367 e. The van der Waals surface area contributed by atoms with Gasteiger partial charge in [-0.25, -0.2) is 4.98 Å². The van der Waals surface area contributed by atoms with Crippen LogP contribution in [0.1, 0.15) is 52.2 Å². The van der Waals surface area contributed by atoms with Crippen LogP contribution in [-0.4, -0.2) is 50.7 Å². The molecule has 8 heteroatoms. The van der Waals surface area contributed by atoms with Gasteiger partial charge in [0.2, 0.25) is 0 Å². The van der Waals surface area contributed by atoms with Gasteiger partial charge in [0, 0.05) is 29.6 Å². The molecule has 25 heavy (non-hydrogen) atoms. The molecule has 4 rings (SSSR count). The fourth-order valence-corrected chi connectivity index (χ4v) is 3.56. The van der Waals surface area contributed by atoms with Crippen molar-refractivity contribution in [2.24, 2.45) is 0 Å². The van der Waals surface area contributed by atoms with Crippen LogP contribution in [0, 0.1) is 6.92 Å². The van der Waals surface area contributed by atoms with Crippen molar-refractivity contribution in [2.45, 2.75) is 38.7 Å². The third-order valence-electron chi connectivity index (χ3n) is 4.81. The van der Waals surface area contributed by atoms with Crippen LogP contribution in [0.2, 0.25) is 0 Å². The van der Waals surface area contributed by atoms with E-state index < -0.39 is 6.10 Å². The number of hydrogen-bond donors (Lipinski definition) is 2. The average molecular weight is 343 g/mol. The molecule has 0 radical (unpaired) electrons. The number of fused-ring (bicyclic) bond motifs is 1. The second-order valence-corrected chi connectivity index (χ2v) is 6.62. The molecular formula is C17H21N5O3. The number of nitrogens with one attached hydrogen (secondary N) is 2. The number of H-pyrrole nitrogens is 2. The van der Waals surface area contributed by atoms with E-state index in [1.807, 2.05) is 0 Å². The molecule has 0 unspecified atom stereocenters. The summed E-state index contributed by atoms with van der Waals surface area (Å²) in [6, 6.07) is 1.44. The topological polar surface area (TPSA) is 104 Å². The summed E-state index contributed by atoms with van der Waals surface area (Å²) in [5, 5.41) is 7.28. The van der Waals surface area contributed by atoms with Gasteiger partial charge in [0.05, 0.1) is 13.2 Å². The molecule has 1 aliphatic carbocycles. The normalized spacial score (nSPS) is 20.4. The van der Waals surface area contributed by atoms with Crippen LogP contribution in [0.3, 0.4) is 0 Å². The number of carbonyl (C=O) groups excluding carboxylic acids is 1. The van der Waals surface area contributed by atoms with Crippen LogP contribution >= 0.6 is 0 Å². The fourth-order valence-electron chi connectivity index (χ4n) is 3.56. The zero-order valence-corrected chi connectivity index (χ0v) is 14.2. The lowest BCUT2D eigenvalue weighted by Gasteiger charge is -2.32. The molecule has 2 N–H and O–H groups in total. The van der Waals surface area contributed by atoms with Gasteiger partial charge in [-0.15, -0.1) is 0 Å². The molecule has 0 bridgehead atoms. The van der Waals surface area contributed by atoms with Crippen molar-refractivity contribution in [3.05, 3.63) is 44.9 Å². The first-order chi connectivity index (χ1) is 12.1. The van der Waals surface area contributed by atoms with Crippen molar-refractivity contribution in [3.8, 4) is 0 Å². The van der Waals surface area contributed by atoms with Crippen LogP contribution in [0.25, 0.3) is 0 Å². The maximum absolute atomic E-state index is 12.9. The highest BCUT2D eigenvalue weighted by atomic mass is 16.5. The molecule has 8 nitrogen and oxygen atoms in total. The zero-order valence-electron chi connectivity index (χ0n) is 14.2. The van der Waals surface area contributed by atoms with Gasteiger partial charge in [-0.05, 0) is 32.6 Å². The van der Waals surface area contributed by atoms with Gasteiger partial charge in [0.25, 0.3) is 11.5 Å². The zero-order chi connectivity index (χ0) is 17.4. The lowest BCUT2D eigenvalue weighted by Crippen LogP contribution is -2.43. The van der Waals surface area contributed by atoms with Crippen LogP contribution in [0.5, 0.6) is 0 Å². The number of hydrogen-bond acceptors (Lipinski definition) is 5. The lowest BCUT2D eigenvalue weighted by molar-refractivity contribution is -0.0272. The molecule has 1 fully saturated rings. The number of nitrogens with zero attached hydrogens (tertiary/aromatic N) is 3. The molecule has 132 valence electrons. The van der Waals surface area contributed by atoms with Crippen molar-refractivity contribution in [2.75, 3.05) is 19.7 Å². The van der Waals surface area contributed by atoms with E-state index in [0.717, 1.165) is 36.9 Å². The Kier molecular flexibility index (Phi) is 4.12. The Hall–Kier alpha value is -2.48. The Bertz CT molecular complexity index is 856. The molecule has 2 aromatic heterocycles. The Morgan fingerprint density at radius 2 is 2.20 bits per heavy atom. The number of morpholine rings is 1. The minimum Gasteiger partial charge on any atom is -0.367 e. The summed E-state index contributed by atoms with van der Waals surface area (Å²) in [6.07, 6.45) is 3.64. The molecule has 3 heterocycles. The molecule has 0 spiro atoms. The smallest absolute Gasteiger partial charge is 0.274 e. The summed E-state index contributed by atoms with van der Waals surface area (Å²) in [4.78, 5) is 33.4. The predicted molar refractivity (Wildman–Crippen MR) is 89.4 cm³/mol. The number of ether oxygens (including phenoxy) is 1. The van der Waals surface area contributed by atoms with E-state index in [1.165, 1.54) is 6.07 Å². The van der Waals surface area contributed by atoms with Gasteiger partial charge in [-0.3, -0.25) is 14.7 Å². The molecule has 2 aliphatic rings. The van der Waals surface area contributed by atoms with E-state index in [4.69, 9.17) is 4.74 Å². The quantitative estimate of drug-likeness (QED) is 0.843. The van der Waals surface area contributed by atoms with Crippen molar-refractivity contribution in [1.29, 1.82) is 0 Å². The van der Waals surface area contributed by atoms with Gasteiger partial charge in [0.15, 0.2) is 5.69 Å². The van der Waals surface area contributed by atoms with Crippen LogP contribution in [-0.2, 0) is 17.6 Å². The molecule has 1 atom stereocenters. The van der Waals surface area contributed by atoms with Gasteiger partial charge in [-0.1, -0.05) is 0 Å².